The molecule has 0 amide bonds. The van der Waals surface area contributed by atoms with Crippen LogP contribution in [0.4, 0.5) is 0 Å². The zero-order valence-corrected chi connectivity index (χ0v) is 10.7. The van der Waals surface area contributed by atoms with E-state index >= 15 is 0 Å². The van der Waals surface area contributed by atoms with E-state index in [2.05, 4.69) is 6.07 Å². The normalized spacial score (nSPS) is 12.0. The molecule has 0 aliphatic heterocycles. The van der Waals surface area contributed by atoms with E-state index in [1.54, 1.807) is 14.2 Å². The van der Waals surface area contributed by atoms with Crippen LogP contribution in [0.15, 0.2) is 18.2 Å². The Balaban J connectivity index is 2.89. The van der Waals surface area contributed by atoms with Gasteiger partial charge in [-0.05, 0) is 31.8 Å². The lowest BCUT2D eigenvalue weighted by Crippen LogP contribution is -2.28. The Bertz CT molecular complexity index is 410. The number of hydrogen-bond acceptors (Lipinski definition) is 4. The lowest BCUT2D eigenvalue weighted by Gasteiger charge is -2.17. The Morgan fingerprint density at radius 1 is 1.24 bits per heavy atom. The molecule has 1 unspecified atom stereocenters. The summed E-state index contributed by atoms with van der Waals surface area (Å²) in [6, 6.07) is 7.86. The van der Waals surface area contributed by atoms with Gasteiger partial charge in [-0.1, -0.05) is 6.07 Å². The molecule has 1 atom stereocenters. The zero-order valence-electron chi connectivity index (χ0n) is 10.7. The lowest BCUT2D eigenvalue weighted by atomic mass is 10.1. The highest BCUT2D eigenvalue weighted by atomic mass is 16.5. The van der Waals surface area contributed by atoms with Crippen molar-refractivity contribution < 1.29 is 9.47 Å². The maximum absolute atomic E-state index is 9.04. The SMILES string of the molecule is COc1ccc(CC(C#N)N(C)C)cc1OC. The molecule has 92 valence electrons. The Hall–Kier alpha value is -1.73. The largest absolute Gasteiger partial charge is 0.493 e. The topological polar surface area (TPSA) is 45.5 Å². The number of likely N-dealkylation sites (N-methyl/N-ethyl adjacent to an activating group) is 1. The van der Waals surface area contributed by atoms with E-state index in [4.69, 9.17) is 14.7 Å². The Kier molecular flexibility index (Phi) is 4.80. The average Bonchev–Trinajstić information content (AvgIpc) is 2.35. The molecule has 0 radical (unpaired) electrons. The van der Waals surface area contributed by atoms with Crippen LogP contribution in [-0.4, -0.2) is 39.3 Å². The molecule has 0 bridgehead atoms. The molecule has 1 aromatic rings. The summed E-state index contributed by atoms with van der Waals surface area (Å²) in [7, 11) is 7.01. The van der Waals surface area contributed by atoms with Crippen molar-refractivity contribution in [1.29, 1.82) is 5.26 Å². The first-order valence-corrected chi connectivity index (χ1v) is 5.39. The van der Waals surface area contributed by atoms with E-state index in [-0.39, 0.29) is 6.04 Å². The van der Waals surface area contributed by atoms with Crippen LogP contribution in [0.2, 0.25) is 0 Å². The highest BCUT2D eigenvalue weighted by Gasteiger charge is 2.12. The van der Waals surface area contributed by atoms with E-state index in [1.165, 1.54) is 0 Å². The molecule has 0 N–H and O–H groups in total. The van der Waals surface area contributed by atoms with Crippen molar-refractivity contribution in [3.63, 3.8) is 0 Å². The molecule has 0 fully saturated rings. The zero-order chi connectivity index (χ0) is 12.8. The van der Waals surface area contributed by atoms with Gasteiger partial charge in [-0.25, -0.2) is 0 Å². The van der Waals surface area contributed by atoms with Gasteiger partial charge in [-0.2, -0.15) is 5.26 Å². The van der Waals surface area contributed by atoms with E-state index in [9.17, 15) is 0 Å². The van der Waals surface area contributed by atoms with Crippen LogP contribution in [0.3, 0.4) is 0 Å². The van der Waals surface area contributed by atoms with Crippen molar-refractivity contribution in [3.8, 4) is 17.6 Å². The highest BCUT2D eigenvalue weighted by molar-refractivity contribution is 5.43. The van der Waals surface area contributed by atoms with E-state index in [1.807, 2.05) is 37.2 Å². The molecule has 0 aliphatic carbocycles. The van der Waals surface area contributed by atoms with Crippen LogP contribution in [0.25, 0.3) is 0 Å². The van der Waals surface area contributed by atoms with Gasteiger partial charge in [0.25, 0.3) is 0 Å². The van der Waals surface area contributed by atoms with E-state index < -0.39 is 0 Å². The molecule has 0 spiro atoms. The van der Waals surface area contributed by atoms with Crippen molar-refractivity contribution in [3.05, 3.63) is 23.8 Å². The molecular formula is C13H18N2O2. The van der Waals surface area contributed by atoms with Gasteiger partial charge in [-0.15, -0.1) is 0 Å². The highest BCUT2D eigenvalue weighted by Crippen LogP contribution is 2.28. The molecule has 0 saturated carbocycles. The number of methoxy groups -OCH3 is 2. The lowest BCUT2D eigenvalue weighted by molar-refractivity contribution is 0.344. The van der Waals surface area contributed by atoms with Crippen molar-refractivity contribution in [1.82, 2.24) is 4.90 Å². The second kappa shape index (κ2) is 6.12. The number of nitrogens with zero attached hydrogens (tertiary/aromatic N) is 2. The van der Waals surface area contributed by atoms with Crippen molar-refractivity contribution in [2.75, 3.05) is 28.3 Å². The molecule has 1 aromatic carbocycles. The summed E-state index contributed by atoms with van der Waals surface area (Å²) in [5, 5.41) is 9.04. The van der Waals surface area contributed by atoms with Gasteiger partial charge >= 0.3 is 0 Å². The molecule has 0 saturated heterocycles. The van der Waals surface area contributed by atoms with Crippen LogP contribution < -0.4 is 9.47 Å². The number of rotatable bonds is 5. The number of hydrogen-bond donors (Lipinski definition) is 0. The third-order valence-corrected chi connectivity index (χ3v) is 2.65. The van der Waals surface area contributed by atoms with Gasteiger partial charge in [0.15, 0.2) is 11.5 Å². The Morgan fingerprint density at radius 2 is 1.88 bits per heavy atom. The second-order valence-corrected chi connectivity index (χ2v) is 4.00. The Labute approximate surface area is 102 Å². The van der Waals surface area contributed by atoms with Crippen LogP contribution in [0.5, 0.6) is 11.5 Å². The van der Waals surface area contributed by atoms with Crippen LogP contribution >= 0.6 is 0 Å². The predicted octanol–water partition coefficient (Wildman–Crippen LogP) is 1.70. The monoisotopic (exact) mass is 234 g/mol. The minimum Gasteiger partial charge on any atom is -0.493 e. The van der Waals surface area contributed by atoms with Gasteiger partial charge in [0, 0.05) is 6.42 Å². The van der Waals surface area contributed by atoms with Gasteiger partial charge in [0.05, 0.1) is 20.3 Å². The third kappa shape index (κ3) is 3.36. The van der Waals surface area contributed by atoms with Crippen molar-refractivity contribution >= 4 is 0 Å². The third-order valence-electron chi connectivity index (χ3n) is 2.65. The maximum atomic E-state index is 9.04. The van der Waals surface area contributed by atoms with Crippen molar-refractivity contribution in [2.24, 2.45) is 0 Å². The molecule has 1 rings (SSSR count). The summed E-state index contributed by atoms with van der Waals surface area (Å²) in [4.78, 5) is 1.90. The van der Waals surface area contributed by atoms with Crippen LogP contribution in [0, 0.1) is 11.3 Å². The fraction of sp³-hybridized carbons (Fsp3) is 0.462. The minimum absolute atomic E-state index is 0.131. The fourth-order valence-electron chi connectivity index (χ4n) is 1.57. The molecule has 4 heteroatoms. The summed E-state index contributed by atoms with van der Waals surface area (Å²) in [5.41, 5.74) is 1.06. The number of ether oxygens (including phenoxy) is 2. The van der Waals surface area contributed by atoms with E-state index in [0.29, 0.717) is 17.9 Å². The summed E-state index contributed by atoms with van der Waals surface area (Å²) >= 11 is 0. The Morgan fingerprint density at radius 3 is 2.35 bits per heavy atom. The van der Waals surface area contributed by atoms with Gasteiger partial charge in [0.2, 0.25) is 0 Å². The summed E-state index contributed by atoms with van der Waals surface area (Å²) < 4.78 is 10.4. The molecule has 4 nitrogen and oxygen atoms in total. The van der Waals surface area contributed by atoms with Crippen molar-refractivity contribution in [2.45, 2.75) is 12.5 Å². The van der Waals surface area contributed by atoms with Crippen LogP contribution in [-0.2, 0) is 6.42 Å². The minimum atomic E-state index is -0.131. The predicted molar refractivity (Wildman–Crippen MR) is 66.3 cm³/mol. The molecule has 17 heavy (non-hydrogen) atoms. The smallest absolute Gasteiger partial charge is 0.160 e. The number of benzene rings is 1. The average molecular weight is 234 g/mol. The summed E-state index contributed by atoms with van der Waals surface area (Å²) in [6.45, 7) is 0. The molecule has 0 aliphatic rings. The second-order valence-electron chi connectivity index (χ2n) is 4.00. The fourth-order valence-corrected chi connectivity index (χ4v) is 1.57. The summed E-state index contributed by atoms with van der Waals surface area (Å²) in [5.74, 6) is 1.40. The first kappa shape index (κ1) is 13.3. The van der Waals surface area contributed by atoms with Gasteiger partial charge in [0.1, 0.15) is 6.04 Å². The first-order chi connectivity index (χ1) is 8.12. The molecule has 0 heterocycles. The number of nitriles is 1. The van der Waals surface area contributed by atoms with E-state index in [0.717, 1.165) is 5.56 Å². The van der Waals surface area contributed by atoms with Gasteiger partial charge in [-0.3, -0.25) is 4.90 Å². The van der Waals surface area contributed by atoms with Crippen LogP contribution in [0.1, 0.15) is 5.56 Å². The first-order valence-electron chi connectivity index (χ1n) is 5.39. The molecule has 0 aromatic heterocycles. The standard InChI is InChI=1S/C13H18N2O2/c1-15(2)11(9-14)7-10-5-6-12(16-3)13(8-10)17-4/h5-6,8,11H,7H2,1-4H3. The maximum Gasteiger partial charge on any atom is 0.160 e. The molecular weight excluding hydrogens is 216 g/mol. The van der Waals surface area contributed by atoms with Gasteiger partial charge < -0.3 is 9.47 Å². The summed E-state index contributed by atoms with van der Waals surface area (Å²) in [6.07, 6.45) is 0.670. The quantitative estimate of drug-likeness (QED) is 0.778.